The summed E-state index contributed by atoms with van der Waals surface area (Å²) in [6.45, 7) is 4.35. The second-order valence-corrected chi connectivity index (χ2v) is 7.51. The van der Waals surface area contributed by atoms with Crippen molar-refractivity contribution in [1.29, 1.82) is 0 Å². The molecule has 0 amide bonds. The van der Waals surface area contributed by atoms with E-state index in [9.17, 15) is 0 Å². The molecule has 0 bridgehead atoms. The molecule has 26 heavy (non-hydrogen) atoms. The van der Waals surface area contributed by atoms with Gasteiger partial charge < -0.3 is 9.84 Å². The van der Waals surface area contributed by atoms with Gasteiger partial charge in [0.15, 0.2) is 0 Å². The van der Waals surface area contributed by atoms with E-state index in [1.807, 2.05) is 29.1 Å². The van der Waals surface area contributed by atoms with Crippen molar-refractivity contribution in [3.05, 3.63) is 52.3 Å². The maximum absolute atomic E-state index is 9.06. The van der Waals surface area contributed by atoms with Crippen molar-refractivity contribution in [2.75, 3.05) is 32.8 Å². The number of hydrogen-bond donors (Lipinski definition) is 1. The Morgan fingerprint density at radius 3 is 3.12 bits per heavy atom. The van der Waals surface area contributed by atoms with E-state index in [2.05, 4.69) is 22.1 Å². The Morgan fingerprint density at radius 1 is 1.31 bits per heavy atom. The fourth-order valence-electron chi connectivity index (χ4n) is 3.84. The molecule has 138 valence electrons. The molecule has 2 aliphatic rings. The van der Waals surface area contributed by atoms with E-state index in [1.54, 1.807) is 0 Å². The molecule has 1 aromatic heterocycles. The van der Waals surface area contributed by atoms with Crippen LogP contribution in [0.15, 0.2) is 36.0 Å². The lowest BCUT2D eigenvalue weighted by molar-refractivity contribution is 0.212. The van der Waals surface area contributed by atoms with Crippen molar-refractivity contribution >= 4 is 17.7 Å². The largest absolute Gasteiger partial charge is 0.489 e. The Morgan fingerprint density at radius 2 is 2.23 bits per heavy atom. The van der Waals surface area contributed by atoms with Gasteiger partial charge in [0.05, 0.1) is 18.8 Å². The smallest absolute Gasteiger partial charge is 0.127 e. The number of aliphatic hydroxyl groups is 1. The first-order valence-corrected chi connectivity index (χ1v) is 9.57. The molecular weight excluding hydrogens is 350 g/mol. The van der Waals surface area contributed by atoms with Crippen LogP contribution < -0.4 is 4.74 Å². The molecule has 1 saturated heterocycles. The Hall–Kier alpha value is -1.82. The highest BCUT2D eigenvalue weighted by Gasteiger charge is 2.24. The molecule has 2 aliphatic heterocycles. The number of likely N-dealkylation sites (tertiary alicyclic amines) is 1. The van der Waals surface area contributed by atoms with E-state index in [0.29, 0.717) is 19.1 Å². The predicted octanol–water partition coefficient (Wildman–Crippen LogP) is 3.18. The van der Waals surface area contributed by atoms with Gasteiger partial charge in [-0.15, -0.1) is 0 Å². The minimum Gasteiger partial charge on any atom is -0.489 e. The number of nitrogens with zero attached hydrogens (tertiary/aromatic N) is 3. The SMILES string of the molecule is OCCn1ccc(C2CCCN(CC3=Cc4cc(Cl)ccc4OC3)C2)n1. The summed E-state index contributed by atoms with van der Waals surface area (Å²) in [5.74, 6) is 1.36. The molecule has 0 saturated carbocycles. The van der Waals surface area contributed by atoms with Gasteiger partial charge in [-0.3, -0.25) is 9.58 Å². The Balaban J connectivity index is 1.42. The van der Waals surface area contributed by atoms with Crippen molar-refractivity contribution in [1.82, 2.24) is 14.7 Å². The van der Waals surface area contributed by atoms with Crippen LogP contribution >= 0.6 is 11.6 Å². The first-order chi connectivity index (χ1) is 12.7. The minimum absolute atomic E-state index is 0.123. The fraction of sp³-hybridized carbons (Fsp3) is 0.450. The van der Waals surface area contributed by atoms with Crippen LogP contribution in [0.25, 0.3) is 6.08 Å². The number of fused-ring (bicyclic) bond motifs is 1. The molecule has 6 heteroatoms. The Kier molecular flexibility index (Phi) is 5.29. The molecule has 1 aromatic carbocycles. The molecule has 4 rings (SSSR count). The van der Waals surface area contributed by atoms with Gasteiger partial charge in [0.1, 0.15) is 12.4 Å². The lowest BCUT2D eigenvalue weighted by atomic mass is 9.94. The number of hydrogen-bond acceptors (Lipinski definition) is 4. The summed E-state index contributed by atoms with van der Waals surface area (Å²) in [7, 11) is 0. The molecule has 3 heterocycles. The third-order valence-corrected chi connectivity index (χ3v) is 5.32. The van der Waals surface area contributed by atoms with Crippen LogP contribution in [-0.4, -0.2) is 52.6 Å². The normalized spacial score (nSPS) is 20.4. The fourth-order valence-corrected chi connectivity index (χ4v) is 4.02. The highest BCUT2D eigenvalue weighted by Crippen LogP contribution is 2.31. The van der Waals surface area contributed by atoms with Gasteiger partial charge in [-0.1, -0.05) is 11.6 Å². The molecule has 2 aromatic rings. The Bertz CT molecular complexity index is 802. The summed E-state index contributed by atoms with van der Waals surface area (Å²) in [6.07, 6.45) is 6.52. The van der Waals surface area contributed by atoms with Crippen LogP contribution in [0, 0.1) is 0 Å². The van der Waals surface area contributed by atoms with E-state index < -0.39 is 0 Å². The summed E-state index contributed by atoms with van der Waals surface area (Å²) < 4.78 is 7.71. The lowest BCUT2D eigenvalue weighted by Gasteiger charge is -2.33. The number of rotatable bonds is 5. The molecule has 1 unspecified atom stereocenters. The van der Waals surface area contributed by atoms with Crippen LogP contribution in [0.2, 0.25) is 5.02 Å². The molecule has 1 atom stereocenters. The zero-order valence-corrected chi connectivity index (χ0v) is 15.5. The minimum atomic E-state index is 0.123. The third kappa shape index (κ3) is 3.95. The number of piperidine rings is 1. The average Bonchev–Trinajstić information content (AvgIpc) is 3.11. The van der Waals surface area contributed by atoms with E-state index in [-0.39, 0.29) is 6.61 Å². The van der Waals surface area contributed by atoms with Crippen molar-refractivity contribution in [3.63, 3.8) is 0 Å². The third-order valence-electron chi connectivity index (χ3n) is 5.09. The van der Waals surface area contributed by atoms with Gasteiger partial charge in [0, 0.05) is 35.8 Å². The number of aromatic nitrogens is 2. The van der Waals surface area contributed by atoms with Gasteiger partial charge >= 0.3 is 0 Å². The maximum atomic E-state index is 9.06. The highest BCUT2D eigenvalue weighted by atomic mass is 35.5. The van der Waals surface area contributed by atoms with Crippen LogP contribution in [0.3, 0.4) is 0 Å². The van der Waals surface area contributed by atoms with Crippen LogP contribution in [0.5, 0.6) is 5.75 Å². The van der Waals surface area contributed by atoms with Crippen molar-refractivity contribution in [2.24, 2.45) is 0 Å². The van der Waals surface area contributed by atoms with Gasteiger partial charge in [-0.2, -0.15) is 5.10 Å². The first-order valence-electron chi connectivity index (χ1n) is 9.19. The van der Waals surface area contributed by atoms with Gasteiger partial charge in [-0.05, 0) is 55.3 Å². The van der Waals surface area contributed by atoms with E-state index in [1.165, 1.54) is 18.4 Å². The summed E-state index contributed by atoms with van der Waals surface area (Å²) in [5, 5.41) is 14.4. The molecule has 1 fully saturated rings. The lowest BCUT2D eigenvalue weighted by Crippen LogP contribution is -2.36. The summed E-state index contributed by atoms with van der Waals surface area (Å²) in [4.78, 5) is 2.49. The van der Waals surface area contributed by atoms with E-state index in [4.69, 9.17) is 21.4 Å². The van der Waals surface area contributed by atoms with Crippen LogP contribution in [0.1, 0.15) is 30.0 Å². The maximum Gasteiger partial charge on any atom is 0.127 e. The number of benzene rings is 1. The number of halogens is 1. The second kappa shape index (κ2) is 7.82. The zero-order chi connectivity index (χ0) is 17.9. The van der Waals surface area contributed by atoms with Gasteiger partial charge in [0.25, 0.3) is 0 Å². The molecular formula is C20H24ClN3O2. The predicted molar refractivity (Wildman–Crippen MR) is 103 cm³/mol. The van der Waals surface area contributed by atoms with Gasteiger partial charge in [-0.25, -0.2) is 0 Å². The monoisotopic (exact) mass is 373 g/mol. The van der Waals surface area contributed by atoms with Crippen LogP contribution in [0.4, 0.5) is 0 Å². The topological polar surface area (TPSA) is 50.5 Å². The van der Waals surface area contributed by atoms with E-state index in [0.717, 1.165) is 41.7 Å². The molecule has 5 nitrogen and oxygen atoms in total. The summed E-state index contributed by atoms with van der Waals surface area (Å²) in [6, 6.07) is 7.85. The quantitative estimate of drug-likeness (QED) is 0.874. The second-order valence-electron chi connectivity index (χ2n) is 7.07. The van der Waals surface area contributed by atoms with E-state index >= 15 is 0 Å². The van der Waals surface area contributed by atoms with Crippen molar-refractivity contribution in [2.45, 2.75) is 25.3 Å². The number of aliphatic hydroxyl groups excluding tert-OH is 1. The molecule has 0 radical (unpaired) electrons. The highest BCUT2D eigenvalue weighted by molar-refractivity contribution is 6.30. The Labute approximate surface area is 158 Å². The summed E-state index contributed by atoms with van der Waals surface area (Å²) >= 11 is 6.11. The van der Waals surface area contributed by atoms with Crippen LogP contribution in [-0.2, 0) is 6.54 Å². The zero-order valence-electron chi connectivity index (χ0n) is 14.8. The molecule has 0 spiro atoms. The first kappa shape index (κ1) is 17.6. The molecule has 1 N–H and O–H groups in total. The van der Waals surface area contributed by atoms with Gasteiger partial charge in [0.2, 0.25) is 0 Å². The summed E-state index contributed by atoms with van der Waals surface area (Å²) in [5.41, 5.74) is 3.48. The number of ether oxygens (including phenoxy) is 1. The van der Waals surface area contributed by atoms with Crippen molar-refractivity contribution in [3.8, 4) is 5.75 Å². The molecule has 0 aliphatic carbocycles. The average molecular weight is 374 g/mol. The van der Waals surface area contributed by atoms with Crippen molar-refractivity contribution < 1.29 is 9.84 Å². The standard InChI is InChI=1S/C20H24ClN3O2/c21-18-3-4-20-17(11-18)10-15(14-26-20)12-23-6-1-2-16(13-23)19-5-7-24(22-19)8-9-25/h3-5,7,10-11,16,25H,1-2,6,8-9,12-14H2.